The van der Waals surface area contributed by atoms with Crippen molar-refractivity contribution in [2.24, 2.45) is 5.92 Å². The number of fused-ring (bicyclic) bond motifs is 1. The largest absolute Gasteiger partial charge is 0.508 e. The van der Waals surface area contributed by atoms with Crippen LogP contribution in [0.5, 0.6) is 5.75 Å². The van der Waals surface area contributed by atoms with E-state index in [4.69, 9.17) is 0 Å². The first-order valence-electron chi connectivity index (χ1n) is 11.2. The average molecular weight is 469 g/mol. The first-order valence-corrected chi connectivity index (χ1v) is 11.2. The third-order valence-electron chi connectivity index (χ3n) is 6.28. The molecule has 7 nitrogen and oxygen atoms in total. The fourth-order valence-corrected chi connectivity index (χ4v) is 4.33. The molecule has 3 aromatic rings. The Labute approximate surface area is 194 Å². The minimum atomic E-state index is -0.904. The summed E-state index contributed by atoms with van der Waals surface area (Å²) in [6.07, 6.45) is 2.04. The predicted octanol–water partition coefficient (Wildman–Crippen LogP) is 3.66. The zero-order chi connectivity index (χ0) is 24.4. The normalized spacial score (nSPS) is 14.5. The van der Waals surface area contributed by atoms with Crippen LogP contribution in [0.4, 0.5) is 8.78 Å². The van der Waals surface area contributed by atoms with Crippen LogP contribution in [0.3, 0.4) is 0 Å². The van der Waals surface area contributed by atoms with Gasteiger partial charge in [0.05, 0.1) is 5.39 Å². The molecule has 0 unspecified atom stereocenters. The molecule has 1 aromatic heterocycles. The first kappa shape index (κ1) is 23.5. The Hall–Kier alpha value is -3.62. The Bertz CT molecular complexity index is 1310. The van der Waals surface area contributed by atoms with Crippen LogP contribution in [0.1, 0.15) is 47.4 Å². The molecule has 34 heavy (non-hydrogen) atoms. The number of rotatable bonds is 6. The highest BCUT2D eigenvalue weighted by Gasteiger charge is 2.28. The molecule has 0 aliphatic carbocycles. The van der Waals surface area contributed by atoms with Crippen LogP contribution >= 0.6 is 0 Å². The number of ketones is 1. The summed E-state index contributed by atoms with van der Waals surface area (Å²) < 4.78 is 27.3. The third kappa shape index (κ3) is 4.98. The van der Waals surface area contributed by atoms with E-state index in [2.05, 4.69) is 9.97 Å². The number of aryl methyl sites for hydroxylation is 2. The molecule has 0 atom stereocenters. The van der Waals surface area contributed by atoms with Gasteiger partial charge < -0.3 is 15.0 Å². The summed E-state index contributed by atoms with van der Waals surface area (Å²) in [5.41, 5.74) is 0.397. The molecule has 0 bridgehead atoms. The molecule has 0 radical (unpaired) electrons. The van der Waals surface area contributed by atoms with Crippen molar-refractivity contribution in [2.45, 2.75) is 39.0 Å². The highest BCUT2D eigenvalue weighted by atomic mass is 19.1. The van der Waals surface area contributed by atoms with Gasteiger partial charge in [-0.15, -0.1) is 0 Å². The van der Waals surface area contributed by atoms with Crippen LogP contribution in [0.15, 0.2) is 35.1 Å². The summed E-state index contributed by atoms with van der Waals surface area (Å²) in [5, 5.41) is 9.50. The number of phenols is 1. The van der Waals surface area contributed by atoms with Crippen molar-refractivity contribution in [1.29, 1.82) is 0 Å². The number of amides is 1. The fourth-order valence-electron chi connectivity index (χ4n) is 4.33. The van der Waals surface area contributed by atoms with Gasteiger partial charge in [-0.3, -0.25) is 14.4 Å². The number of aromatic nitrogens is 2. The maximum atomic E-state index is 14.0. The molecule has 2 aromatic carbocycles. The number of piperidine rings is 1. The summed E-state index contributed by atoms with van der Waals surface area (Å²) in [7, 11) is 0. The van der Waals surface area contributed by atoms with E-state index in [-0.39, 0.29) is 52.9 Å². The summed E-state index contributed by atoms with van der Waals surface area (Å²) in [6.45, 7) is 2.70. The lowest BCUT2D eigenvalue weighted by Crippen LogP contribution is -2.40. The monoisotopic (exact) mass is 469 g/mol. The zero-order valence-electron chi connectivity index (χ0n) is 18.7. The smallest absolute Gasteiger partial charge is 0.258 e. The Morgan fingerprint density at radius 3 is 2.62 bits per heavy atom. The SMILES string of the molecule is Cc1cc(C(=O)C2CCN(C(=O)CCCc3nc4c(F)cc(F)cc4c(=O)[nH]3)CC2)ccc1O. The van der Waals surface area contributed by atoms with Crippen LogP contribution in [-0.2, 0) is 11.2 Å². The van der Waals surface area contributed by atoms with E-state index in [1.54, 1.807) is 24.0 Å². The minimum absolute atomic E-state index is 0.0219. The van der Waals surface area contributed by atoms with Crippen LogP contribution < -0.4 is 5.56 Å². The van der Waals surface area contributed by atoms with Gasteiger partial charge in [0.1, 0.15) is 22.9 Å². The number of benzene rings is 2. The van der Waals surface area contributed by atoms with E-state index >= 15 is 0 Å². The van der Waals surface area contributed by atoms with Crippen molar-refractivity contribution < 1.29 is 23.5 Å². The summed E-state index contributed by atoms with van der Waals surface area (Å²) >= 11 is 0. The topological polar surface area (TPSA) is 103 Å². The van der Waals surface area contributed by atoms with Crippen LogP contribution in [0.25, 0.3) is 10.9 Å². The molecule has 4 rings (SSSR count). The lowest BCUT2D eigenvalue weighted by molar-refractivity contribution is -0.132. The highest BCUT2D eigenvalue weighted by Crippen LogP contribution is 2.25. The van der Waals surface area contributed by atoms with E-state index in [0.29, 0.717) is 49.5 Å². The highest BCUT2D eigenvalue weighted by molar-refractivity contribution is 5.98. The van der Waals surface area contributed by atoms with Gasteiger partial charge in [0, 0.05) is 43.5 Å². The van der Waals surface area contributed by atoms with Gasteiger partial charge in [-0.2, -0.15) is 0 Å². The van der Waals surface area contributed by atoms with Gasteiger partial charge >= 0.3 is 0 Å². The van der Waals surface area contributed by atoms with Gasteiger partial charge in [-0.1, -0.05) is 0 Å². The summed E-state index contributed by atoms with van der Waals surface area (Å²) in [4.78, 5) is 45.8. The molecule has 1 saturated heterocycles. The van der Waals surface area contributed by atoms with E-state index in [0.717, 1.165) is 6.07 Å². The van der Waals surface area contributed by atoms with Crippen LogP contribution in [0, 0.1) is 24.5 Å². The maximum Gasteiger partial charge on any atom is 0.258 e. The number of aromatic amines is 1. The molecule has 2 N–H and O–H groups in total. The van der Waals surface area contributed by atoms with Crippen LogP contribution in [-0.4, -0.2) is 44.8 Å². The van der Waals surface area contributed by atoms with E-state index in [1.807, 2.05) is 0 Å². The van der Waals surface area contributed by atoms with E-state index in [9.17, 15) is 28.3 Å². The number of hydrogen-bond donors (Lipinski definition) is 2. The van der Waals surface area contributed by atoms with Crippen molar-refractivity contribution in [3.8, 4) is 5.75 Å². The molecule has 9 heteroatoms. The molecule has 1 amide bonds. The second kappa shape index (κ2) is 9.70. The lowest BCUT2D eigenvalue weighted by atomic mass is 9.88. The molecule has 0 spiro atoms. The number of phenolic OH excluding ortho intramolecular Hbond substituents is 1. The van der Waals surface area contributed by atoms with Gasteiger partial charge in [0.15, 0.2) is 11.6 Å². The number of nitrogens with one attached hydrogen (secondary N) is 1. The van der Waals surface area contributed by atoms with Crippen molar-refractivity contribution in [3.63, 3.8) is 0 Å². The second-order valence-electron chi connectivity index (χ2n) is 8.67. The number of carbonyl (C=O) groups excluding carboxylic acids is 2. The van der Waals surface area contributed by atoms with Crippen LogP contribution in [0.2, 0.25) is 0 Å². The molecule has 2 heterocycles. The van der Waals surface area contributed by atoms with E-state index < -0.39 is 17.2 Å². The second-order valence-corrected chi connectivity index (χ2v) is 8.67. The average Bonchev–Trinajstić information content (AvgIpc) is 2.81. The summed E-state index contributed by atoms with van der Waals surface area (Å²) in [5.74, 6) is -1.56. The molecule has 1 aliphatic rings. The van der Waals surface area contributed by atoms with Gasteiger partial charge in [-0.25, -0.2) is 13.8 Å². The maximum absolute atomic E-state index is 14.0. The standard InChI is InChI=1S/C25H25F2N3O4/c1-14-11-16(5-6-20(14)31)24(33)15-7-9-30(10-8-15)22(32)4-2-3-21-28-23-18(25(34)29-21)12-17(26)13-19(23)27/h5-6,11-13,15,31H,2-4,7-10H2,1H3,(H,28,29,34). The number of carbonyl (C=O) groups is 2. The fraction of sp³-hybridized carbons (Fsp3) is 0.360. The molecular formula is C25H25F2N3O4. The third-order valence-corrected chi connectivity index (χ3v) is 6.28. The zero-order valence-corrected chi connectivity index (χ0v) is 18.7. The number of hydrogen-bond acceptors (Lipinski definition) is 5. The Morgan fingerprint density at radius 1 is 1.18 bits per heavy atom. The number of H-pyrrole nitrogens is 1. The van der Waals surface area contributed by atoms with Gasteiger partial charge in [0.25, 0.3) is 5.56 Å². The molecule has 1 fully saturated rings. The number of aromatic hydroxyl groups is 1. The summed E-state index contributed by atoms with van der Waals surface area (Å²) in [6, 6.07) is 6.44. The van der Waals surface area contributed by atoms with Crippen molar-refractivity contribution in [1.82, 2.24) is 14.9 Å². The van der Waals surface area contributed by atoms with Crippen molar-refractivity contribution in [2.75, 3.05) is 13.1 Å². The Morgan fingerprint density at radius 2 is 1.91 bits per heavy atom. The predicted molar refractivity (Wildman–Crippen MR) is 122 cm³/mol. The lowest BCUT2D eigenvalue weighted by Gasteiger charge is -2.31. The number of halogens is 2. The molecule has 1 aliphatic heterocycles. The molecule has 0 saturated carbocycles. The van der Waals surface area contributed by atoms with Gasteiger partial charge in [0.2, 0.25) is 5.91 Å². The number of nitrogens with zero attached hydrogens (tertiary/aromatic N) is 2. The van der Waals surface area contributed by atoms with Gasteiger partial charge in [-0.05, 0) is 56.0 Å². The Kier molecular flexibility index (Phi) is 6.72. The van der Waals surface area contributed by atoms with Crippen molar-refractivity contribution in [3.05, 3.63) is 69.3 Å². The minimum Gasteiger partial charge on any atom is -0.508 e. The number of likely N-dealkylation sites (tertiary alicyclic amines) is 1. The van der Waals surface area contributed by atoms with Crippen molar-refractivity contribution >= 4 is 22.6 Å². The Balaban J connectivity index is 1.29. The number of Topliss-reactive ketones (excluding diaryl/α,β-unsaturated/α-hetero) is 1. The first-order chi connectivity index (χ1) is 16.2. The molecule has 178 valence electrons. The van der Waals surface area contributed by atoms with E-state index in [1.165, 1.54) is 6.07 Å². The molecular weight excluding hydrogens is 444 g/mol. The quantitative estimate of drug-likeness (QED) is 0.537.